The molecule has 1 saturated heterocycles. The molecule has 0 bridgehead atoms. The monoisotopic (exact) mass is 340 g/mol. The van der Waals surface area contributed by atoms with Gasteiger partial charge in [0.05, 0.1) is 5.69 Å². The minimum atomic E-state index is -0.973. The van der Waals surface area contributed by atoms with E-state index in [4.69, 9.17) is 0 Å². The van der Waals surface area contributed by atoms with Crippen molar-refractivity contribution in [2.75, 3.05) is 13.1 Å². The summed E-state index contributed by atoms with van der Waals surface area (Å²) in [5, 5.41) is 10.9. The van der Waals surface area contributed by atoms with Gasteiger partial charge in [-0.15, -0.1) is 0 Å². The quantitative estimate of drug-likeness (QED) is 0.928. The number of likely N-dealkylation sites (tertiary alicyclic amines) is 1. The summed E-state index contributed by atoms with van der Waals surface area (Å²) in [5.74, 6) is 0.734. The highest BCUT2D eigenvalue weighted by molar-refractivity contribution is 5.92. The molecule has 1 aliphatic rings. The molecule has 132 valence electrons. The molecule has 0 atom stereocenters. The average molecular weight is 340 g/mol. The zero-order valence-corrected chi connectivity index (χ0v) is 14.9. The third-order valence-corrected chi connectivity index (χ3v) is 4.68. The normalized spacial score (nSPS) is 16.9. The Kier molecular flexibility index (Phi) is 4.81. The number of aliphatic hydroxyl groups is 1. The Morgan fingerprint density at radius 1 is 1.20 bits per heavy atom. The standard InChI is InChI=1S/C19H24N4O2/c1-13(2)17-20-9-6-15(22-17)18(24)23-10-7-19(25,8-11-23)16-5-4-14(3)12-21-16/h4-6,9,12-13,25H,7-8,10-11H2,1-3H3. The lowest BCUT2D eigenvalue weighted by Gasteiger charge is -2.37. The Balaban J connectivity index is 1.70. The number of pyridine rings is 1. The van der Waals surface area contributed by atoms with Crippen LogP contribution in [0.25, 0.3) is 0 Å². The third kappa shape index (κ3) is 3.69. The number of hydrogen-bond acceptors (Lipinski definition) is 5. The fourth-order valence-electron chi connectivity index (χ4n) is 3.01. The van der Waals surface area contributed by atoms with E-state index in [0.29, 0.717) is 43.1 Å². The van der Waals surface area contributed by atoms with Crippen molar-refractivity contribution in [1.82, 2.24) is 19.9 Å². The molecule has 1 amide bonds. The van der Waals surface area contributed by atoms with Crippen LogP contribution in [-0.4, -0.2) is 44.0 Å². The molecule has 0 aromatic carbocycles. The maximum absolute atomic E-state index is 12.7. The molecule has 2 aromatic rings. The lowest BCUT2D eigenvalue weighted by atomic mass is 9.87. The van der Waals surface area contributed by atoms with Crippen molar-refractivity contribution in [3.63, 3.8) is 0 Å². The summed E-state index contributed by atoms with van der Waals surface area (Å²) in [4.78, 5) is 27.4. The van der Waals surface area contributed by atoms with Gasteiger partial charge in [0, 0.05) is 31.4 Å². The van der Waals surface area contributed by atoms with Crippen LogP contribution in [0.3, 0.4) is 0 Å². The highest BCUT2D eigenvalue weighted by atomic mass is 16.3. The first-order chi connectivity index (χ1) is 11.9. The lowest BCUT2D eigenvalue weighted by molar-refractivity contribution is -0.0245. The summed E-state index contributed by atoms with van der Waals surface area (Å²) in [6.07, 6.45) is 4.33. The predicted molar refractivity (Wildman–Crippen MR) is 94.1 cm³/mol. The highest BCUT2D eigenvalue weighted by Crippen LogP contribution is 2.32. The number of aryl methyl sites for hydroxylation is 1. The first-order valence-electron chi connectivity index (χ1n) is 8.67. The molecule has 3 heterocycles. The smallest absolute Gasteiger partial charge is 0.272 e. The summed E-state index contributed by atoms with van der Waals surface area (Å²) in [7, 11) is 0. The van der Waals surface area contributed by atoms with E-state index in [1.54, 1.807) is 23.4 Å². The first-order valence-corrected chi connectivity index (χ1v) is 8.67. The van der Waals surface area contributed by atoms with E-state index in [9.17, 15) is 9.90 Å². The van der Waals surface area contributed by atoms with Gasteiger partial charge < -0.3 is 10.0 Å². The minimum Gasteiger partial charge on any atom is -0.383 e. The summed E-state index contributed by atoms with van der Waals surface area (Å²) in [6.45, 7) is 6.92. The SMILES string of the molecule is Cc1ccc(C2(O)CCN(C(=O)c3ccnc(C(C)C)n3)CC2)nc1. The maximum atomic E-state index is 12.7. The van der Waals surface area contributed by atoms with Gasteiger partial charge in [0.25, 0.3) is 5.91 Å². The van der Waals surface area contributed by atoms with Crippen molar-refractivity contribution >= 4 is 5.91 Å². The molecule has 1 N–H and O–H groups in total. The minimum absolute atomic E-state index is 0.108. The van der Waals surface area contributed by atoms with Crippen LogP contribution in [-0.2, 0) is 5.60 Å². The van der Waals surface area contributed by atoms with Crippen molar-refractivity contribution in [3.05, 3.63) is 53.4 Å². The number of piperidine rings is 1. The summed E-state index contributed by atoms with van der Waals surface area (Å²) >= 11 is 0. The molecule has 1 fully saturated rings. The van der Waals surface area contributed by atoms with Crippen molar-refractivity contribution < 1.29 is 9.90 Å². The molecule has 25 heavy (non-hydrogen) atoms. The van der Waals surface area contributed by atoms with Gasteiger partial charge in [-0.3, -0.25) is 9.78 Å². The van der Waals surface area contributed by atoms with Crippen LogP contribution < -0.4 is 0 Å². The van der Waals surface area contributed by atoms with E-state index >= 15 is 0 Å². The van der Waals surface area contributed by atoms with Crippen LogP contribution in [0, 0.1) is 6.92 Å². The van der Waals surface area contributed by atoms with Gasteiger partial charge in [0.2, 0.25) is 0 Å². The number of aromatic nitrogens is 3. The van der Waals surface area contributed by atoms with E-state index in [-0.39, 0.29) is 11.8 Å². The van der Waals surface area contributed by atoms with Gasteiger partial charge in [-0.05, 0) is 37.5 Å². The van der Waals surface area contributed by atoms with Crippen molar-refractivity contribution in [2.45, 2.75) is 45.1 Å². The number of carbonyl (C=O) groups is 1. The first kappa shape index (κ1) is 17.5. The van der Waals surface area contributed by atoms with Crippen LogP contribution in [0.4, 0.5) is 0 Å². The van der Waals surface area contributed by atoms with E-state index in [1.165, 1.54) is 0 Å². The third-order valence-electron chi connectivity index (χ3n) is 4.68. The molecular formula is C19H24N4O2. The van der Waals surface area contributed by atoms with Crippen molar-refractivity contribution in [1.29, 1.82) is 0 Å². The zero-order valence-electron chi connectivity index (χ0n) is 14.9. The van der Waals surface area contributed by atoms with E-state index in [1.807, 2.05) is 32.9 Å². The van der Waals surface area contributed by atoms with Crippen LogP contribution in [0.1, 0.15) is 60.2 Å². The average Bonchev–Trinajstić information content (AvgIpc) is 2.62. The fourth-order valence-corrected chi connectivity index (χ4v) is 3.01. The highest BCUT2D eigenvalue weighted by Gasteiger charge is 2.37. The van der Waals surface area contributed by atoms with Crippen LogP contribution in [0.15, 0.2) is 30.6 Å². The number of hydrogen-bond donors (Lipinski definition) is 1. The Bertz CT molecular complexity index is 750. The largest absolute Gasteiger partial charge is 0.383 e. The Labute approximate surface area is 148 Å². The zero-order chi connectivity index (χ0) is 18.0. The molecule has 6 heteroatoms. The van der Waals surface area contributed by atoms with E-state index in [2.05, 4.69) is 15.0 Å². The Morgan fingerprint density at radius 2 is 1.92 bits per heavy atom. The molecule has 0 unspecified atom stereocenters. The van der Waals surface area contributed by atoms with Crippen molar-refractivity contribution in [2.24, 2.45) is 0 Å². The van der Waals surface area contributed by atoms with Crippen molar-refractivity contribution in [3.8, 4) is 0 Å². The topological polar surface area (TPSA) is 79.2 Å². The second-order valence-corrected chi connectivity index (χ2v) is 7.00. The van der Waals surface area contributed by atoms with Gasteiger partial charge >= 0.3 is 0 Å². The molecule has 0 spiro atoms. The fraction of sp³-hybridized carbons (Fsp3) is 0.474. The van der Waals surface area contributed by atoms with Gasteiger partial charge in [0.15, 0.2) is 0 Å². The molecule has 3 rings (SSSR count). The van der Waals surface area contributed by atoms with Crippen LogP contribution >= 0.6 is 0 Å². The number of amides is 1. The lowest BCUT2D eigenvalue weighted by Crippen LogP contribution is -2.45. The Hall–Kier alpha value is -2.34. The summed E-state index contributed by atoms with van der Waals surface area (Å²) in [5.41, 5.74) is 1.18. The van der Waals surface area contributed by atoms with E-state index < -0.39 is 5.60 Å². The molecule has 6 nitrogen and oxygen atoms in total. The van der Waals surface area contributed by atoms with E-state index in [0.717, 1.165) is 5.56 Å². The summed E-state index contributed by atoms with van der Waals surface area (Å²) in [6, 6.07) is 5.47. The predicted octanol–water partition coefficient (Wildman–Crippen LogP) is 2.43. The second kappa shape index (κ2) is 6.88. The molecular weight excluding hydrogens is 316 g/mol. The number of rotatable bonds is 3. The molecule has 1 aliphatic heterocycles. The molecule has 0 aliphatic carbocycles. The second-order valence-electron chi connectivity index (χ2n) is 7.00. The maximum Gasteiger partial charge on any atom is 0.272 e. The number of carbonyl (C=O) groups excluding carboxylic acids is 1. The molecule has 0 radical (unpaired) electrons. The van der Waals surface area contributed by atoms with Gasteiger partial charge in [-0.1, -0.05) is 19.9 Å². The van der Waals surface area contributed by atoms with Gasteiger partial charge in [-0.2, -0.15) is 0 Å². The van der Waals surface area contributed by atoms with Crippen LogP contribution in [0.5, 0.6) is 0 Å². The molecule has 0 saturated carbocycles. The van der Waals surface area contributed by atoms with Crippen LogP contribution in [0.2, 0.25) is 0 Å². The Morgan fingerprint density at radius 3 is 2.52 bits per heavy atom. The van der Waals surface area contributed by atoms with Gasteiger partial charge in [0.1, 0.15) is 17.1 Å². The van der Waals surface area contributed by atoms with Gasteiger partial charge in [-0.25, -0.2) is 9.97 Å². The molecule has 2 aromatic heterocycles. The number of nitrogens with zero attached hydrogens (tertiary/aromatic N) is 4. The summed E-state index contributed by atoms with van der Waals surface area (Å²) < 4.78 is 0.